The molecule has 0 aromatic heterocycles. The molecule has 2 saturated carbocycles. The van der Waals surface area contributed by atoms with Gasteiger partial charge in [-0.05, 0) is 69.6 Å². The molecule has 4 aliphatic carbocycles. The molecule has 128 valence electrons. The molecule has 0 unspecified atom stereocenters. The molecular weight excluding hydrogens is 284 g/mol. The Balaban J connectivity index is 1.73. The number of aliphatic hydroxyl groups is 2. The van der Waals surface area contributed by atoms with Gasteiger partial charge in [0.15, 0.2) is 0 Å². The zero-order chi connectivity index (χ0) is 16.3. The van der Waals surface area contributed by atoms with Gasteiger partial charge < -0.3 is 10.2 Å². The smallest absolute Gasteiger partial charge is 0.0728 e. The van der Waals surface area contributed by atoms with Crippen LogP contribution in [0.1, 0.15) is 71.6 Å². The Bertz CT molecular complexity index is 562. The van der Waals surface area contributed by atoms with E-state index in [-0.39, 0.29) is 12.0 Å². The van der Waals surface area contributed by atoms with E-state index in [1.165, 1.54) is 32.1 Å². The van der Waals surface area contributed by atoms with E-state index in [2.05, 4.69) is 26.0 Å². The molecule has 23 heavy (non-hydrogen) atoms. The summed E-state index contributed by atoms with van der Waals surface area (Å²) in [7, 11) is 0. The maximum atomic E-state index is 11.2. The van der Waals surface area contributed by atoms with Crippen LogP contribution >= 0.6 is 0 Å². The van der Waals surface area contributed by atoms with Gasteiger partial charge in [-0.2, -0.15) is 0 Å². The lowest BCUT2D eigenvalue weighted by Gasteiger charge is -2.55. The molecule has 4 rings (SSSR count). The van der Waals surface area contributed by atoms with Crippen molar-refractivity contribution in [3.63, 3.8) is 0 Å². The van der Waals surface area contributed by atoms with E-state index < -0.39 is 5.60 Å². The number of hydrogen-bond donors (Lipinski definition) is 2. The molecule has 2 N–H and O–H groups in total. The third-order valence-corrected chi connectivity index (χ3v) is 8.25. The maximum absolute atomic E-state index is 11.2. The summed E-state index contributed by atoms with van der Waals surface area (Å²) in [6.45, 7) is 4.88. The van der Waals surface area contributed by atoms with Gasteiger partial charge in [-0.15, -0.1) is 0 Å². The molecule has 2 heteroatoms. The minimum atomic E-state index is -0.669. The standard InChI is InChI=1S/C21H32O2/c1-19-10-4-3-5-15(19)6-7-16-17(19)8-11-20(2)18(16)9-12-21(20,23)13-14-22/h5,8,16,18,22-23H,3-4,6-7,9-14H2,1-2H3/t16-,18+,19+,20+,21+/m1/s1. The second-order valence-corrected chi connectivity index (χ2v) is 9.03. The molecule has 2 nitrogen and oxygen atoms in total. The second kappa shape index (κ2) is 5.20. The minimum absolute atomic E-state index is 0.0455. The number of allylic oxidation sites excluding steroid dienone is 4. The Morgan fingerprint density at radius 2 is 2.00 bits per heavy atom. The first-order valence-electron chi connectivity index (χ1n) is 9.68. The fourth-order valence-corrected chi connectivity index (χ4v) is 6.74. The van der Waals surface area contributed by atoms with Crippen molar-refractivity contribution in [2.45, 2.75) is 77.2 Å². The van der Waals surface area contributed by atoms with Crippen molar-refractivity contribution >= 4 is 0 Å². The van der Waals surface area contributed by atoms with Crippen LogP contribution in [0.15, 0.2) is 23.3 Å². The van der Waals surface area contributed by atoms with Crippen LogP contribution in [0, 0.1) is 22.7 Å². The van der Waals surface area contributed by atoms with E-state index in [1.807, 2.05) is 0 Å². The summed E-state index contributed by atoms with van der Waals surface area (Å²) in [6.07, 6.45) is 15.0. The summed E-state index contributed by atoms with van der Waals surface area (Å²) in [5.41, 5.74) is 2.98. The molecule has 0 radical (unpaired) electrons. The van der Waals surface area contributed by atoms with Crippen molar-refractivity contribution in [1.29, 1.82) is 0 Å². The Hall–Kier alpha value is -0.600. The summed E-state index contributed by atoms with van der Waals surface area (Å²) < 4.78 is 0. The van der Waals surface area contributed by atoms with Crippen molar-refractivity contribution in [3.8, 4) is 0 Å². The SMILES string of the molecule is C[C@]12CCCC=C1CC[C@@H]1C2=CC[C@@]2(C)[C@H]1CC[C@]2(O)CCO. The molecule has 0 aromatic rings. The summed E-state index contributed by atoms with van der Waals surface area (Å²) in [5.74, 6) is 1.25. The lowest BCUT2D eigenvalue weighted by atomic mass is 9.50. The summed E-state index contributed by atoms with van der Waals surface area (Å²) >= 11 is 0. The summed E-state index contributed by atoms with van der Waals surface area (Å²) in [5, 5.41) is 20.7. The average Bonchev–Trinajstić information content (AvgIpc) is 2.79. The van der Waals surface area contributed by atoms with Gasteiger partial charge in [-0.25, -0.2) is 0 Å². The van der Waals surface area contributed by atoms with Crippen molar-refractivity contribution in [3.05, 3.63) is 23.3 Å². The molecule has 0 amide bonds. The molecule has 0 aliphatic heterocycles. The van der Waals surface area contributed by atoms with E-state index in [0.717, 1.165) is 19.3 Å². The molecule has 0 spiro atoms. The van der Waals surface area contributed by atoms with E-state index in [4.69, 9.17) is 0 Å². The van der Waals surface area contributed by atoms with E-state index in [9.17, 15) is 10.2 Å². The highest BCUT2D eigenvalue weighted by Gasteiger charge is 2.61. The third-order valence-electron chi connectivity index (χ3n) is 8.25. The molecule has 0 aromatic carbocycles. The summed E-state index contributed by atoms with van der Waals surface area (Å²) in [6, 6.07) is 0. The predicted molar refractivity (Wildman–Crippen MR) is 92.9 cm³/mol. The van der Waals surface area contributed by atoms with Crippen molar-refractivity contribution < 1.29 is 10.2 Å². The van der Waals surface area contributed by atoms with Gasteiger partial charge in [0.1, 0.15) is 0 Å². The van der Waals surface area contributed by atoms with E-state index in [1.54, 1.807) is 11.1 Å². The van der Waals surface area contributed by atoms with Gasteiger partial charge in [0.25, 0.3) is 0 Å². The number of rotatable bonds is 2. The predicted octanol–water partition coefficient (Wildman–Crippen LogP) is 4.37. The van der Waals surface area contributed by atoms with Gasteiger partial charge in [0.2, 0.25) is 0 Å². The van der Waals surface area contributed by atoms with E-state index in [0.29, 0.717) is 23.7 Å². The Morgan fingerprint density at radius 3 is 2.78 bits per heavy atom. The first-order valence-corrected chi connectivity index (χ1v) is 9.68. The first kappa shape index (κ1) is 15.9. The second-order valence-electron chi connectivity index (χ2n) is 9.03. The maximum Gasteiger partial charge on any atom is 0.0728 e. The van der Waals surface area contributed by atoms with Crippen LogP contribution in [0.3, 0.4) is 0 Å². The lowest BCUT2D eigenvalue weighted by Crippen LogP contribution is -2.51. The normalized spacial score (nSPS) is 48.9. The van der Waals surface area contributed by atoms with Crippen molar-refractivity contribution in [2.24, 2.45) is 22.7 Å². The van der Waals surface area contributed by atoms with Crippen LogP contribution in [0.4, 0.5) is 0 Å². The monoisotopic (exact) mass is 316 g/mol. The first-order chi connectivity index (χ1) is 10.9. The molecule has 0 saturated heterocycles. The van der Waals surface area contributed by atoms with E-state index >= 15 is 0 Å². The third kappa shape index (κ3) is 2.00. The van der Waals surface area contributed by atoms with Crippen LogP contribution < -0.4 is 0 Å². The van der Waals surface area contributed by atoms with Crippen LogP contribution in [0.5, 0.6) is 0 Å². The molecule has 0 bridgehead atoms. The Labute approximate surface area is 140 Å². The highest BCUT2D eigenvalue weighted by Crippen LogP contribution is 2.66. The zero-order valence-corrected chi connectivity index (χ0v) is 14.8. The Kier molecular flexibility index (Phi) is 3.59. The lowest BCUT2D eigenvalue weighted by molar-refractivity contribution is -0.0934. The molecule has 0 heterocycles. The van der Waals surface area contributed by atoms with Crippen LogP contribution in [0.2, 0.25) is 0 Å². The summed E-state index contributed by atoms with van der Waals surface area (Å²) in [4.78, 5) is 0. The van der Waals surface area contributed by atoms with Crippen molar-refractivity contribution in [2.75, 3.05) is 6.61 Å². The topological polar surface area (TPSA) is 40.5 Å². The van der Waals surface area contributed by atoms with Crippen LogP contribution in [-0.4, -0.2) is 22.4 Å². The molecule has 2 fully saturated rings. The number of fused-ring (bicyclic) bond motifs is 5. The molecular formula is C21H32O2. The average molecular weight is 316 g/mol. The van der Waals surface area contributed by atoms with Crippen LogP contribution in [0.25, 0.3) is 0 Å². The van der Waals surface area contributed by atoms with Gasteiger partial charge in [-0.1, -0.05) is 37.1 Å². The van der Waals surface area contributed by atoms with Crippen LogP contribution in [-0.2, 0) is 0 Å². The minimum Gasteiger partial charge on any atom is -0.396 e. The number of aliphatic hydroxyl groups excluding tert-OH is 1. The fourth-order valence-electron chi connectivity index (χ4n) is 6.74. The largest absolute Gasteiger partial charge is 0.396 e. The quantitative estimate of drug-likeness (QED) is 0.743. The van der Waals surface area contributed by atoms with Gasteiger partial charge in [0.05, 0.1) is 5.60 Å². The van der Waals surface area contributed by atoms with Crippen molar-refractivity contribution in [1.82, 2.24) is 0 Å². The highest BCUT2D eigenvalue weighted by molar-refractivity contribution is 5.38. The van der Waals surface area contributed by atoms with Gasteiger partial charge in [0, 0.05) is 17.4 Å². The Morgan fingerprint density at radius 1 is 1.17 bits per heavy atom. The van der Waals surface area contributed by atoms with Gasteiger partial charge in [-0.3, -0.25) is 0 Å². The zero-order valence-electron chi connectivity index (χ0n) is 14.8. The number of hydrogen-bond acceptors (Lipinski definition) is 2. The highest BCUT2D eigenvalue weighted by atomic mass is 16.3. The molecule has 5 atom stereocenters. The molecule has 4 aliphatic rings. The fraction of sp³-hybridized carbons (Fsp3) is 0.810. The van der Waals surface area contributed by atoms with Gasteiger partial charge >= 0.3 is 0 Å².